The number of benzene rings is 3. The highest BCUT2D eigenvalue weighted by Gasteiger charge is 2.32. The SMILES string of the molecule is CN1C(=O)C(COC(=O)Cc2ccccc2)Cc2cc(C(=O)c3ccccc3)ccc21. The molecule has 1 unspecified atom stereocenters. The number of nitrogens with zero attached hydrogens (tertiary/aromatic N) is 1. The van der Waals surface area contributed by atoms with E-state index >= 15 is 0 Å². The van der Waals surface area contributed by atoms with Crippen LogP contribution in [0, 0.1) is 5.92 Å². The van der Waals surface area contributed by atoms with Gasteiger partial charge in [0.2, 0.25) is 5.91 Å². The smallest absolute Gasteiger partial charge is 0.310 e. The highest BCUT2D eigenvalue weighted by Crippen LogP contribution is 2.31. The number of fused-ring (bicyclic) bond motifs is 1. The Hall–Kier alpha value is -3.73. The number of amides is 1. The zero-order valence-electron chi connectivity index (χ0n) is 17.3. The molecule has 31 heavy (non-hydrogen) atoms. The van der Waals surface area contributed by atoms with Gasteiger partial charge in [0, 0.05) is 23.9 Å². The van der Waals surface area contributed by atoms with Gasteiger partial charge in [-0.1, -0.05) is 60.7 Å². The van der Waals surface area contributed by atoms with Crippen LogP contribution in [0.4, 0.5) is 5.69 Å². The molecule has 156 valence electrons. The second kappa shape index (κ2) is 8.96. The fourth-order valence-electron chi connectivity index (χ4n) is 3.86. The molecule has 0 saturated heterocycles. The van der Waals surface area contributed by atoms with Crippen LogP contribution in [-0.4, -0.2) is 31.3 Å². The Morgan fingerprint density at radius 2 is 1.61 bits per heavy atom. The molecule has 4 rings (SSSR count). The molecule has 3 aromatic rings. The van der Waals surface area contributed by atoms with E-state index in [1.54, 1.807) is 36.2 Å². The molecule has 0 N–H and O–H groups in total. The summed E-state index contributed by atoms with van der Waals surface area (Å²) in [6.07, 6.45) is 0.594. The average molecular weight is 413 g/mol. The van der Waals surface area contributed by atoms with Crippen LogP contribution in [0.1, 0.15) is 27.0 Å². The van der Waals surface area contributed by atoms with E-state index in [-0.39, 0.29) is 30.7 Å². The third kappa shape index (κ3) is 4.56. The molecule has 0 bridgehead atoms. The number of hydrogen-bond acceptors (Lipinski definition) is 4. The first-order valence-corrected chi connectivity index (χ1v) is 10.2. The topological polar surface area (TPSA) is 63.7 Å². The van der Waals surface area contributed by atoms with E-state index in [1.165, 1.54) is 0 Å². The zero-order valence-corrected chi connectivity index (χ0v) is 17.3. The lowest BCUT2D eigenvalue weighted by molar-refractivity contribution is -0.145. The van der Waals surface area contributed by atoms with Crippen molar-refractivity contribution in [2.75, 3.05) is 18.6 Å². The van der Waals surface area contributed by atoms with Crippen LogP contribution in [0.5, 0.6) is 0 Å². The van der Waals surface area contributed by atoms with Crippen molar-refractivity contribution in [3.63, 3.8) is 0 Å². The molecule has 0 spiro atoms. The van der Waals surface area contributed by atoms with E-state index < -0.39 is 5.92 Å². The molecule has 0 aromatic heterocycles. The number of carbonyl (C=O) groups excluding carboxylic acids is 3. The Balaban J connectivity index is 1.47. The third-order valence-electron chi connectivity index (χ3n) is 5.52. The van der Waals surface area contributed by atoms with Gasteiger partial charge >= 0.3 is 5.97 Å². The summed E-state index contributed by atoms with van der Waals surface area (Å²) in [6.45, 7) is 0.0190. The van der Waals surface area contributed by atoms with Crippen LogP contribution >= 0.6 is 0 Å². The Morgan fingerprint density at radius 3 is 2.32 bits per heavy atom. The van der Waals surface area contributed by atoms with Crippen molar-refractivity contribution in [1.29, 1.82) is 0 Å². The van der Waals surface area contributed by atoms with Crippen LogP contribution in [0.2, 0.25) is 0 Å². The largest absolute Gasteiger partial charge is 0.465 e. The summed E-state index contributed by atoms with van der Waals surface area (Å²) in [5.74, 6) is -0.990. The van der Waals surface area contributed by atoms with Crippen molar-refractivity contribution >= 4 is 23.3 Å². The molecule has 1 atom stereocenters. The summed E-state index contributed by atoms with van der Waals surface area (Å²) in [5, 5.41) is 0. The molecular weight excluding hydrogens is 390 g/mol. The predicted molar refractivity (Wildman–Crippen MR) is 118 cm³/mol. The van der Waals surface area contributed by atoms with E-state index in [1.807, 2.05) is 54.6 Å². The van der Waals surface area contributed by atoms with Crippen LogP contribution < -0.4 is 4.90 Å². The molecule has 0 fully saturated rings. The van der Waals surface area contributed by atoms with Gasteiger partial charge in [0.05, 0.1) is 12.3 Å². The maximum Gasteiger partial charge on any atom is 0.310 e. The minimum atomic E-state index is -0.473. The standard InChI is InChI=1S/C26H23NO4/c1-27-23-13-12-20(25(29)19-10-6-3-7-11-19)15-21(23)16-22(26(27)30)17-31-24(28)14-18-8-4-2-5-9-18/h2-13,15,22H,14,16-17H2,1H3. The highest BCUT2D eigenvalue weighted by molar-refractivity contribution is 6.09. The number of hydrogen-bond donors (Lipinski definition) is 0. The van der Waals surface area contributed by atoms with E-state index in [2.05, 4.69) is 0 Å². The molecule has 1 amide bonds. The van der Waals surface area contributed by atoms with E-state index in [0.717, 1.165) is 16.8 Å². The third-order valence-corrected chi connectivity index (χ3v) is 5.52. The Morgan fingerprint density at radius 1 is 0.935 bits per heavy atom. The molecule has 1 heterocycles. The fraction of sp³-hybridized carbons (Fsp3) is 0.192. The Kier molecular flexibility index (Phi) is 5.94. The summed E-state index contributed by atoms with van der Waals surface area (Å²) < 4.78 is 5.41. The van der Waals surface area contributed by atoms with Gasteiger partial charge in [0.1, 0.15) is 6.61 Å². The van der Waals surface area contributed by atoms with E-state index in [0.29, 0.717) is 17.5 Å². The molecule has 0 radical (unpaired) electrons. The van der Waals surface area contributed by atoms with Crippen molar-refractivity contribution < 1.29 is 19.1 Å². The quantitative estimate of drug-likeness (QED) is 0.455. The summed E-state index contributed by atoms with van der Waals surface area (Å²) >= 11 is 0. The van der Waals surface area contributed by atoms with Gasteiger partial charge in [0.15, 0.2) is 5.78 Å². The van der Waals surface area contributed by atoms with Crippen molar-refractivity contribution in [3.05, 3.63) is 101 Å². The lowest BCUT2D eigenvalue weighted by atomic mass is 9.90. The Bertz CT molecular complexity index is 1110. The lowest BCUT2D eigenvalue weighted by Crippen LogP contribution is -2.41. The van der Waals surface area contributed by atoms with Gasteiger partial charge in [0.25, 0.3) is 0 Å². The molecule has 5 nitrogen and oxygen atoms in total. The first-order chi connectivity index (χ1) is 15.0. The first-order valence-electron chi connectivity index (χ1n) is 10.2. The van der Waals surface area contributed by atoms with Gasteiger partial charge in [-0.25, -0.2) is 0 Å². The number of ether oxygens (including phenoxy) is 1. The van der Waals surface area contributed by atoms with Crippen LogP contribution in [0.3, 0.4) is 0 Å². The molecule has 5 heteroatoms. The first kappa shape index (κ1) is 20.5. The number of anilines is 1. The summed E-state index contributed by atoms with van der Waals surface area (Å²) in [6, 6.07) is 23.8. The van der Waals surface area contributed by atoms with Gasteiger partial charge in [-0.15, -0.1) is 0 Å². The van der Waals surface area contributed by atoms with Gasteiger partial charge < -0.3 is 9.64 Å². The van der Waals surface area contributed by atoms with Crippen molar-refractivity contribution in [1.82, 2.24) is 0 Å². The second-order valence-corrected chi connectivity index (χ2v) is 7.68. The van der Waals surface area contributed by atoms with Gasteiger partial charge in [-0.05, 0) is 35.7 Å². The van der Waals surface area contributed by atoms with Crippen molar-refractivity contribution in [2.24, 2.45) is 5.92 Å². The number of ketones is 1. The van der Waals surface area contributed by atoms with Crippen LogP contribution in [0.15, 0.2) is 78.9 Å². The van der Waals surface area contributed by atoms with E-state index in [9.17, 15) is 14.4 Å². The maximum atomic E-state index is 12.8. The molecule has 1 aliphatic heterocycles. The zero-order chi connectivity index (χ0) is 21.8. The minimum Gasteiger partial charge on any atom is -0.465 e. The van der Waals surface area contributed by atoms with Gasteiger partial charge in [-0.3, -0.25) is 14.4 Å². The average Bonchev–Trinajstić information content (AvgIpc) is 2.81. The fourth-order valence-corrected chi connectivity index (χ4v) is 3.86. The summed E-state index contributed by atoms with van der Waals surface area (Å²) in [4.78, 5) is 39.3. The second-order valence-electron chi connectivity index (χ2n) is 7.68. The monoisotopic (exact) mass is 413 g/mol. The summed E-state index contributed by atoms with van der Waals surface area (Å²) in [5.41, 5.74) is 3.74. The summed E-state index contributed by atoms with van der Waals surface area (Å²) in [7, 11) is 1.71. The highest BCUT2D eigenvalue weighted by atomic mass is 16.5. The molecule has 3 aromatic carbocycles. The van der Waals surface area contributed by atoms with E-state index in [4.69, 9.17) is 4.74 Å². The molecule has 0 saturated carbocycles. The van der Waals surface area contributed by atoms with Crippen molar-refractivity contribution in [3.8, 4) is 0 Å². The number of carbonyl (C=O) groups is 3. The minimum absolute atomic E-state index is 0.0190. The predicted octanol–water partition coefficient (Wildman–Crippen LogP) is 3.84. The Labute approximate surface area is 181 Å². The maximum absolute atomic E-state index is 12.8. The number of rotatable bonds is 6. The van der Waals surface area contributed by atoms with Crippen LogP contribution in [0.25, 0.3) is 0 Å². The van der Waals surface area contributed by atoms with Crippen molar-refractivity contribution in [2.45, 2.75) is 12.8 Å². The normalized spacial score (nSPS) is 15.3. The molecule has 1 aliphatic rings. The van der Waals surface area contributed by atoms with Gasteiger partial charge in [-0.2, -0.15) is 0 Å². The number of esters is 1. The van der Waals surface area contributed by atoms with Crippen LogP contribution in [-0.2, 0) is 27.2 Å². The molecule has 0 aliphatic carbocycles. The lowest BCUT2D eigenvalue weighted by Gasteiger charge is -2.31. The molecular formula is C26H23NO4.